The second-order valence-electron chi connectivity index (χ2n) is 5.90. The van der Waals surface area contributed by atoms with Gasteiger partial charge in [0.2, 0.25) is 5.91 Å². The number of rotatable bonds is 3. The predicted octanol–water partition coefficient (Wildman–Crippen LogP) is 4.04. The van der Waals surface area contributed by atoms with E-state index in [0.717, 1.165) is 24.9 Å². The summed E-state index contributed by atoms with van der Waals surface area (Å²) in [6.45, 7) is 2.90. The quantitative estimate of drug-likeness (QED) is 0.837. The van der Waals surface area contributed by atoms with Crippen molar-refractivity contribution in [3.05, 3.63) is 71.0 Å². The van der Waals surface area contributed by atoms with E-state index in [9.17, 15) is 9.18 Å². The molecule has 0 saturated carbocycles. The van der Waals surface area contributed by atoms with Gasteiger partial charge in [0.25, 0.3) is 0 Å². The van der Waals surface area contributed by atoms with Gasteiger partial charge in [0.05, 0.1) is 12.5 Å². The average molecular weight is 297 g/mol. The largest absolute Gasteiger partial charge is 0.335 e. The first-order valence-electron chi connectivity index (χ1n) is 7.74. The molecule has 0 aliphatic carbocycles. The van der Waals surface area contributed by atoms with E-state index in [-0.39, 0.29) is 17.8 Å². The minimum atomic E-state index is -0.268. The molecular formula is C19H20FNO. The lowest BCUT2D eigenvalue weighted by molar-refractivity contribution is -0.131. The highest BCUT2D eigenvalue weighted by atomic mass is 19.1. The molecular weight excluding hydrogens is 277 g/mol. The molecule has 114 valence electrons. The summed E-state index contributed by atoms with van der Waals surface area (Å²) in [5.41, 5.74) is 3.34. The van der Waals surface area contributed by atoms with E-state index < -0.39 is 0 Å². The molecule has 1 atom stereocenters. The van der Waals surface area contributed by atoms with Crippen LogP contribution in [0.1, 0.15) is 35.6 Å². The number of hydrogen-bond donors (Lipinski definition) is 0. The molecule has 1 unspecified atom stereocenters. The van der Waals surface area contributed by atoms with E-state index >= 15 is 0 Å². The van der Waals surface area contributed by atoms with Gasteiger partial charge in [0.15, 0.2) is 0 Å². The normalized spacial score (nSPS) is 17.7. The summed E-state index contributed by atoms with van der Waals surface area (Å²) in [5, 5.41) is 0. The van der Waals surface area contributed by atoms with Crippen LogP contribution in [0.25, 0.3) is 0 Å². The number of aryl methyl sites for hydroxylation is 1. The Bertz CT molecular complexity index is 665. The van der Waals surface area contributed by atoms with Gasteiger partial charge >= 0.3 is 0 Å². The Morgan fingerprint density at radius 3 is 2.64 bits per heavy atom. The predicted molar refractivity (Wildman–Crippen MR) is 85.0 cm³/mol. The Balaban J connectivity index is 1.76. The molecule has 0 bridgehead atoms. The van der Waals surface area contributed by atoms with Crippen molar-refractivity contribution in [3.63, 3.8) is 0 Å². The first-order chi connectivity index (χ1) is 10.6. The fraction of sp³-hybridized carbons (Fsp3) is 0.316. The van der Waals surface area contributed by atoms with Crippen molar-refractivity contribution >= 4 is 5.91 Å². The summed E-state index contributed by atoms with van der Waals surface area (Å²) in [5.74, 6) is -0.146. The molecule has 1 aliphatic heterocycles. The Morgan fingerprint density at radius 2 is 1.91 bits per heavy atom. The van der Waals surface area contributed by atoms with Crippen LogP contribution in [0.4, 0.5) is 4.39 Å². The van der Waals surface area contributed by atoms with Crippen LogP contribution in [0.15, 0.2) is 48.5 Å². The first-order valence-corrected chi connectivity index (χ1v) is 7.74. The average Bonchev–Trinajstić information content (AvgIpc) is 2.99. The van der Waals surface area contributed by atoms with Crippen molar-refractivity contribution in [3.8, 4) is 0 Å². The maximum absolute atomic E-state index is 13.0. The van der Waals surface area contributed by atoms with Crippen molar-refractivity contribution in [2.75, 3.05) is 6.54 Å². The van der Waals surface area contributed by atoms with Crippen molar-refractivity contribution in [2.24, 2.45) is 0 Å². The second kappa shape index (κ2) is 6.30. The van der Waals surface area contributed by atoms with Gasteiger partial charge in [0, 0.05) is 6.54 Å². The second-order valence-corrected chi connectivity index (χ2v) is 5.90. The van der Waals surface area contributed by atoms with Crippen LogP contribution in [0.3, 0.4) is 0 Å². The van der Waals surface area contributed by atoms with Crippen LogP contribution in [-0.4, -0.2) is 17.4 Å². The van der Waals surface area contributed by atoms with Gasteiger partial charge in [0.1, 0.15) is 5.82 Å². The van der Waals surface area contributed by atoms with Crippen molar-refractivity contribution < 1.29 is 9.18 Å². The SMILES string of the molecule is Cc1ccccc1C1CCCN1C(=O)Cc1ccc(F)cc1. The van der Waals surface area contributed by atoms with Gasteiger partial charge in [-0.15, -0.1) is 0 Å². The van der Waals surface area contributed by atoms with Crippen LogP contribution in [0.2, 0.25) is 0 Å². The first kappa shape index (κ1) is 14.8. The number of carbonyl (C=O) groups excluding carboxylic acids is 1. The third-order valence-corrected chi connectivity index (χ3v) is 4.39. The Hall–Kier alpha value is -2.16. The Kier molecular flexibility index (Phi) is 4.23. The zero-order valence-corrected chi connectivity index (χ0v) is 12.8. The monoisotopic (exact) mass is 297 g/mol. The van der Waals surface area contributed by atoms with Crippen LogP contribution >= 0.6 is 0 Å². The van der Waals surface area contributed by atoms with E-state index in [1.54, 1.807) is 12.1 Å². The van der Waals surface area contributed by atoms with Crippen molar-refractivity contribution in [1.29, 1.82) is 0 Å². The summed E-state index contributed by atoms with van der Waals surface area (Å²) in [6, 6.07) is 14.6. The van der Waals surface area contributed by atoms with Gasteiger partial charge < -0.3 is 4.90 Å². The lowest BCUT2D eigenvalue weighted by Crippen LogP contribution is -2.32. The van der Waals surface area contributed by atoms with Gasteiger partial charge in [-0.1, -0.05) is 36.4 Å². The number of carbonyl (C=O) groups is 1. The van der Waals surface area contributed by atoms with Gasteiger partial charge in [-0.3, -0.25) is 4.79 Å². The zero-order valence-electron chi connectivity index (χ0n) is 12.8. The summed E-state index contributed by atoms with van der Waals surface area (Å²) in [7, 11) is 0. The number of benzene rings is 2. The molecule has 3 rings (SSSR count). The molecule has 22 heavy (non-hydrogen) atoms. The van der Waals surface area contributed by atoms with E-state index in [1.807, 2.05) is 17.0 Å². The molecule has 1 amide bonds. The highest BCUT2D eigenvalue weighted by molar-refractivity contribution is 5.79. The topological polar surface area (TPSA) is 20.3 Å². The smallest absolute Gasteiger partial charge is 0.227 e. The van der Waals surface area contributed by atoms with Crippen LogP contribution in [-0.2, 0) is 11.2 Å². The number of likely N-dealkylation sites (tertiary alicyclic amines) is 1. The highest BCUT2D eigenvalue weighted by Crippen LogP contribution is 2.34. The maximum Gasteiger partial charge on any atom is 0.227 e. The molecule has 1 fully saturated rings. The third-order valence-electron chi connectivity index (χ3n) is 4.39. The molecule has 0 spiro atoms. The lowest BCUT2D eigenvalue weighted by Gasteiger charge is -2.26. The van der Waals surface area contributed by atoms with Crippen LogP contribution in [0, 0.1) is 12.7 Å². The molecule has 0 N–H and O–H groups in total. The molecule has 0 radical (unpaired) electrons. The van der Waals surface area contributed by atoms with Gasteiger partial charge in [-0.25, -0.2) is 4.39 Å². The summed E-state index contributed by atoms with van der Waals surface area (Å²) in [6.07, 6.45) is 2.39. The minimum Gasteiger partial charge on any atom is -0.335 e. The lowest BCUT2D eigenvalue weighted by atomic mass is 9.99. The van der Waals surface area contributed by atoms with Crippen LogP contribution < -0.4 is 0 Å². The third kappa shape index (κ3) is 3.03. The van der Waals surface area contributed by atoms with Crippen LogP contribution in [0.5, 0.6) is 0 Å². The summed E-state index contributed by atoms with van der Waals surface area (Å²) >= 11 is 0. The van der Waals surface area contributed by atoms with E-state index in [2.05, 4.69) is 19.1 Å². The fourth-order valence-electron chi connectivity index (χ4n) is 3.23. The molecule has 2 aromatic carbocycles. The molecule has 2 aromatic rings. The Labute approximate surface area is 130 Å². The van der Waals surface area contributed by atoms with Crippen molar-refractivity contribution in [2.45, 2.75) is 32.2 Å². The molecule has 0 aromatic heterocycles. The standard InChI is InChI=1S/C19H20FNO/c1-14-5-2-3-6-17(14)18-7-4-12-21(18)19(22)13-15-8-10-16(20)11-9-15/h2-3,5-6,8-11,18H,4,7,12-13H2,1H3. The number of hydrogen-bond acceptors (Lipinski definition) is 1. The maximum atomic E-state index is 13.0. The number of nitrogens with zero attached hydrogens (tertiary/aromatic N) is 1. The molecule has 3 heteroatoms. The Morgan fingerprint density at radius 1 is 1.18 bits per heavy atom. The van der Waals surface area contributed by atoms with E-state index in [1.165, 1.54) is 23.3 Å². The van der Waals surface area contributed by atoms with Gasteiger partial charge in [-0.2, -0.15) is 0 Å². The summed E-state index contributed by atoms with van der Waals surface area (Å²) < 4.78 is 13.0. The number of amides is 1. The summed E-state index contributed by atoms with van der Waals surface area (Å²) in [4.78, 5) is 14.6. The van der Waals surface area contributed by atoms with Gasteiger partial charge in [-0.05, 0) is 48.6 Å². The highest BCUT2D eigenvalue weighted by Gasteiger charge is 2.30. The minimum absolute atomic E-state index is 0.123. The van der Waals surface area contributed by atoms with Crippen molar-refractivity contribution in [1.82, 2.24) is 4.90 Å². The molecule has 2 nitrogen and oxygen atoms in total. The zero-order chi connectivity index (χ0) is 15.5. The molecule has 1 aliphatic rings. The number of halogens is 1. The molecule has 1 saturated heterocycles. The van der Waals surface area contributed by atoms with E-state index in [4.69, 9.17) is 0 Å². The van der Waals surface area contributed by atoms with E-state index in [0.29, 0.717) is 6.42 Å². The molecule has 1 heterocycles. The fourth-order valence-corrected chi connectivity index (χ4v) is 3.23.